The van der Waals surface area contributed by atoms with Crippen LogP contribution in [0, 0.1) is 11.3 Å². The second kappa shape index (κ2) is 5.40. The predicted octanol–water partition coefficient (Wildman–Crippen LogP) is 5.90. The molecule has 0 saturated heterocycles. The van der Waals surface area contributed by atoms with E-state index in [2.05, 4.69) is 69.1 Å². The average Bonchev–Trinajstić information content (AvgIpc) is 3.14. The zero-order valence-corrected chi connectivity index (χ0v) is 15.5. The fourth-order valence-electron chi connectivity index (χ4n) is 4.93. The van der Waals surface area contributed by atoms with E-state index in [-0.39, 0.29) is 0 Å². The molecule has 0 aliphatic heterocycles. The van der Waals surface area contributed by atoms with Crippen LogP contribution in [0.5, 0.6) is 0 Å². The predicted molar refractivity (Wildman–Crippen MR) is 99.2 cm³/mol. The van der Waals surface area contributed by atoms with Crippen LogP contribution < -0.4 is 0 Å². The van der Waals surface area contributed by atoms with Crippen LogP contribution >= 0.6 is 0 Å². The number of hydrogen-bond acceptors (Lipinski definition) is 2. The van der Waals surface area contributed by atoms with E-state index in [4.69, 9.17) is 0 Å². The van der Waals surface area contributed by atoms with E-state index in [1.807, 2.05) is 6.20 Å². The third-order valence-electron chi connectivity index (χ3n) is 6.26. The zero-order chi connectivity index (χ0) is 17.1. The smallest absolute Gasteiger partial charge is 0.0967 e. The molecule has 2 bridgehead atoms. The van der Waals surface area contributed by atoms with Crippen molar-refractivity contribution in [1.82, 2.24) is 10.2 Å². The summed E-state index contributed by atoms with van der Waals surface area (Å²) in [7, 11) is 0. The van der Waals surface area contributed by atoms with E-state index in [1.54, 1.807) is 0 Å². The lowest BCUT2D eigenvalue weighted by Crippen LogP contribution is -2.25. The maximum Gasteiger partial charge on any atom is 0.0967 e. The quantitative estimate of drug-likeness (QED) is 0.688. The van der Waals surface area contributed by atoms with Crippen molar-refractivity contribution in [3.05, 3.63) is 47.2 Å². The average molecular weight is 320 g/mol. The van der Waals surface area contributed by atoms with E-state index in [9.17, 15) is 0 Å². The van der Waals surface area contributed by atoms with E-state index in [0.717, 1.165) is 11.6 Å². The zero-order valence-electron chi connectivity index (χ0n) is 15.5. The number of aromatic nitrogens is 2. The van der Waals surface area contributed by atoms with Crippen LogP contribution in [0.4, 0.5) is 0 Å². The third kappa shape index (κ3) is 2.39. The molecule has 1 heterocycles. The summed E-state index contributed by atoms with van der Waals surface area (Å²) in [5, 5.41) is 8.93. The lowest BCUT2D eigenvalue weighted by atomic mass is 9.69. The van der Waals surface area contributed by atoms with Gasteiger partial charge in [-0.1, -0.05) is 58.9 Å². The van der Waals surface area contributed by atoms with Crippen LogP contribution in [0.3, 0.4) is 0 Å². The maximum atomic E-state index is 4.58. The minimum atomic E-state index is 0.360. The molecule has 2 nitrogen and oxygen atoms in total. The van der Waals surface area contributed by atoms with Crippen LogP contribution in [0.15, 0.2) is 30.5 Å². The van der Waals surface area contributed by atoms with Crippen LogP contribution in [0.25, 0.3) is 11.3 Å². The van der Waals surface area contributed by atoms with E-state index < -0.39 is 0 Å². The highest BCUT2D eigenvalue weighted by molar-refractivity contribution is 5.67. The van der Waals surface area contributed by atoms with Crippen LogP contribution in [-0.4, -0.2) is 10.2 Å². The van der Waals surface area contributed by atoms with Gasteiger partial charge in [0.05, 0.1) is 11.9 Å². The Balaban J connectivity index is 1.78. The van der Waals surface area contributed by atoms with E-state index in [0.29, 0.717) is 23.2 Å². The molecule has 0 radical (unpaired) electrons. The first kappa shape index (κ1) is 15.8. The lowest BCUT2D eigenvalue weighted by molar-refractivity contribution is 0.216. The number of nitrogens with zero attached hydrogens (tertiary/aromatic N) is 2. The Hall–Kier alpha value is -1.70. The fraction of sp³-hybridized carbons (Fsp3) is 0.545. The molecule has 4 rings (SSSR count). The Morgan fingerprint density at radius 3 is 2.38 bits per heavy atom. The number of hydrogen-bond donors (Lipinski definition) is 0. The molecule has 1 fully saturated rings. The SMILES string of the molecule is CC(C)c1ccc(-c2nncc3c2C2CC3CC2C(C)(C)C)cc1. The van der Waals surface area contributed by atoms with Crippen molar-refractivity contribution >= 4 is 0 Å². The molecule has 3 atom stereocenters. The molecule has 0 spiro atoms. The summed E-state index contributed by atoms with van der Waals surface area (Å²) in [6.07, 6.45) is 4.64. The molecule has 2 aliphatic carbocycles. The van der Waals surface area contributed by atoms with Gasteiger partial charge in [-0.2, -0.15) is 10.2 Å². The van der Waals surface area contributed by atoms with Crippen molar-refractivity contribution < 1.29 is 0 Å². The van der Waals surface area contributed by atoms with Crippen molar-refractivity contribution in [1.29, 1.82) is 0 Å². The summed E-state index contributed by atoms with van der Waals surface area (Å²) in [5.74, 6) is 2.67. The fourth-order valence-corrected chi connectivity index (χ4v) is 4.93. The number of fused-ring (bicyclic) bond motifs is 5. The van der Waals surface area contributed by atoms with Gasteiger partial charge < -0.3 is 0 Å². The molecule has 2 aromatic rings. The Morgan fingerprint density at radius 1 is 1.04 bits per heavy atom. The Labute approximate surface area is 145 Å². The van der Waals surface area contributed by atoms with Gasteiger partial charge in [0, 0.05) is 5.56 Å². The van der Waals surface area contributed by atoms with Gasteiger partial charge in [-0.15, -0.1) is 0 Å². The highest BCUT2D eigenvalue weighted by atomic mass is 15.1. The normalized spacial score (nSPS) is 25.3. The molecule has 1 saturated carbocycles. The second-order valence-corrected chi connectivity index (χ2v) is 9.09. The third-order valence-corrected chi connectivity index (χ3v) is 6.26. The molecular formula is C22H28N2. The standard InChI is InChI=1S/C22H28N2/c1-13(2)14-6-8-15(9-7-14)21-20-17-10-16(18(20)12-23-24-21)11-19(17)22(3,4)5/h6-9,12-13,16-17,19H,10-11H2,1-5H3. The molecule has 1 aromatic heterocycles. The second-order valence-electron chi connectivity index (χ2n) is 9.09. The lowest BCUT2D eigenvalue weighted by Gasteiger charge is -2.35. The van der Waals surface area contributed by atoms with Crippen LogP contribution in [0.2, 0.25) is 0 Å². The highest BCUT2D eigenvalue weighted by Gasteiger charge is 2.49. The summed E-state index contributed by atoms with van der Waals surface area (Å²) in [6.45, 7) is 11.7. The molecule has 0 N–H and O–H groups in total. The first-order valence-corrected chi connectivity index (χ1v) is 9.32. The topological polar surface area (TPSA) is 25.8 Å². The molecule has 24 heavy (non-hydrogen) atoms. The van der Waals surface area contributed by atoms with Gasteiger partial charge >= 0.3 is 0 Å². The molecule has 1 aromatic carbocycles. The van der Waals surface area contributed by atoms with Crippen molar-refractivity contribution in [3.8, 4) is 11.3 Å². The van der Waals surface area contributed by atoms with E-state index in [1.165, 1.54) is 35.1 Å². The molecule has 126 valence electrons. The van der Waals surface area contributed by atoms with Gasteiger partial charge in [-0.3, -0.25) is 0 Å². The van der Waals surface area contributed by atoms with Crippen molar-refractivity contribution in [2.24, 2.45) is 11.3 Å². The minimum absolute atomic E-state index is 0.360. The molecule has 2 aliphatic rings. The Kier molecular flexibility index (Phi) is 3.56. The van der Waals surface area contributed by atoms with Crippen LogP contribution in [-0.2, 0) is 0 Å². The van der Waals surface area contributed by atoms with Crippen molar-refractivity contribution in [2.45, 2.75) is 65.2 Å². The molecule has 3 unspecified atom stereocenters. The summed E-state index contributed by atoms with van der Waals surface area (Å²) >= 11 is 0. The Bertz CT molecular complexity index is 753. The summed E-state index contributed by atoms with van der Waals surface area (Å²) in [4.78, 5) is 0. The summed E-state index contributed by atoms with van der Waals surface area (Å²) in [6, 6.07) is 8.96. The molecule has 0 amide bonds. The number of benzene rings is 1. The van der Waals surface area contributed by atoms with Gasteiger partial charge in [-0.05, 0) is 58.6 Å². The number of rotatable bonds is 2. The first-order chi connectivity index (χ1) is 11.4. The summed E-state index contributed by atoms with van der Waals surface area (Å²) < 4.78 is 0. The van der Waals surface area contributed by atoms with Gasteiger partial charge in [0.15, 0.2) is 0 Å². The minimum Gasteiger partial charge on any atom is -0.158 e. The largest absolute Gasteiger partial charge is 0.158 e. The van der Waals surface area contributed by atoms with Gasteiger partial charge in [0.25, 0.3) is 0 Å². The Morgan fingerprint density at radius 2 is 1.75 bits per heavy atom. The van der Waals surface area contributed by atoms with Gasteiger partial charge in [0.1, 0.15) is 0 Å². The van der Waals surface area contributed by atoms with Crippen molar-refractivity contribution in [3.63, 3.8) is 0 Å². The van der Waals surface area contributed by atoms with Gasteiger partial charge in [0.2, 0.25) is 0 Å². The molecular weight excluding hydrogens is 292 g/mol. The highest BCUT2D eigenvalue weighted by Crippen LogP contribution is 2.61. The monoisotopic (exact) mass is 320 g/mol. The molecule has 2 heteroatoms. The maximum absolute atomic E-state index is 4.58. The summed E-state index contributed by atoms with van der Waals surface area (Å²) in [5.41, 5.74) is 7.07. The van der Waals surface area contributed by atoms with Gasteiger partial charge in [-0.25, -0.2) is 0 Å². The van der Waals surface area contributed by atoms with Crippen LogP contribution in [0.1, 0.15) is 81.9 Å². The van der Waals surface area contributed by atoms with Crippen molar-refractivity contribution in [2.75, 3.05) is 0 Å². The van der Waals surface area contributed by atoms with E-state index >= 15 is 0 Å². The first-order valence-electron chi connectivity index (χ1n) is 9.32.